The minimum atomic E-state index is -0.340. The van der Waals surface area contributed by atoms with Gasteiger partial charge in [0, 0.05) is 18.1 Å². The summed E-state index contributed by atoms with van der Waals surface area (Å²) in [6, 6.07) is 18.4. The molecule has 5 aromatic rings. The van der Waals surface area contributed by atoms with E-state index in [0.29, 0.717) is 22.6 Å². The zero-order valence-electron chi connectivity index (χ0n) is 16.9. The van der Waals surface area contributed by atoms with Crippen molar-refractivity contribution in [1.29, 1.82) is 0 Å². The van der Waals surface area contributed by atoms with Crippen LogP contribution in [0.2, 0.25) is 0 Å². The van der Waals surface area contributed by atoms with Crippen LogP contribution in [0.1, 0.15) is 28.8 Å². The highest BCUT2D eigenvalue weighted by Crippen LogP contribution is 2.17. The van der Waals surface area contributed by atoms with E-state index in [1.165, 1.54) is 5.56 Å². The van der Waals surface area contributed by atoms with Crippen LogP contribution in [0.15, 0.2) is 82.3 Å². The number of carbonyl (C=O) groups excluding carboxylic acids is 1. The molecule has 1 aromatic carbocycles. The number of benzene rings is 1. The van der Waals surface area contributed by atoms with E-state index in [9.17, 15) is 9.59 Å². The van der Waals surface area contributed by atoms with Crippen molar-refractivity contribution in [2.45, 2.75) is 19.9 Å². The van der Waals surface area contributed by atoms with Gasteiger partial charge < -0.3 is 14.1 Å². The average molecular weight is 412 g/mol. The maximum atomic E-state index is 13.0. The van der Waals surface area contributed by atoms with Gasteiger partial charge in [0.15, 0.2) is 11.4 Å². The maximum Gasteiger partial charge on any atom is 0.291 e. The van der Waals surface area contributed by atoms with Crippen molar-refractivity contribution < 1.29 is 9.21 Å². The molecule has 0 fully saturated rings. The molecule has 0 saturated carbocycles. The number of amides is 1. The third kappa shape index (κ3) is 3.40. The Balaban J connectivity index is 1.44. The van der Waals surface area contributed by atoms with Crippen LogP contribution in [0.4, 0.5) is 5.69 Å². The molecule has 7 nitrogen and oxygen atoms in total. The second kappa shape index (κ2) is 7.60. The van der Waals surface area contributed by atoms with Crippen LogP contribution in [0.3, 0.4) is 0 Å². The number of fused-ring (bicyclic) bond motifs is 3. The predicted octanol–water partition coefficient (Wildman–Crippen LogP) is 4.11. The average Bonchev–Trinajstić information content (AvgIpc) is 3.47. The lowest BCUT2D eigenvalue weighted by Crippen LogP contribution is -2.23. The molecule has 0 saturated heterocycles. The van der Waals surface area contributed by atoms with Crippen molar-refractivity contribution in [2.75, 3.05) is 5.32 Å². The van der Waals surface area contributed by atoms with Crippen LogP contribution in [0.25, 0.3) is 16.7 Å². The van der Waals surface area contributed by atoms with Gasteiger partial charge in [-0.3, -0.25) is 14.2 Å². The van der Waals surface area contributed by atoms with Gasteiger partial charge in [-0.2, -0.15) is 0 Å². The maximum absolute atomic E-state index is 13.0. The molecular weight excluding hydrogens is 392 g/mol. The molecule has 0 unspecified atom stereocenters. The third-order valence-corrected chi connectivity index (χ3v) is 5.31. The number of rotatable bonds is 5. The smallest absolute Gasteiger partial charge is 0.291 e. The van der Waals surface area contributed by atoms with Gasteiger partial charge in [-0.15, -0.1) is 0 Å². The molecule has 1 N–H and O–H groups in total. The van der Waals surface area contributed by atoms with E-state index in [2.05, 4.69) is 17.2 Å². The Kier molecular flexibility index (Phi) is 4.63. The Morgan fingerprint density at radius 3 is 2.65 bits per heavy atom. The Morgan fingerprint density at radius 2 is 1.84 bits per heavy atom. The van der Waals surface area contributed by atoms with Crippen LogP contribution < -0.4 is 10.9 Å². The van der Waals surface area contributed by atoms with Crippen molar-refractivity contribution >= 4 is 28.3 Å². The number of nitrogens with zero attached hydrogens (tertiary/aromatic N) is 3. The monoisotopic (exact) mass is 412 g/mol. The predicted molar refractivity (Wildman–Crippen MR) is 119 cm³/mol. The number of aryl methyl sites for hydroxylation is 1. The quantitative estimate of drug-likeness (QED) is 0.471. The van der Waals surface area contributed by atoms with Gasteiger partial charge in [0.2, 0.25) is 0 Å². The summed E-state index contributed by atoms with van der Waals surface area (Å²) in [6.07, 6.45) is 4.43. The van der Waals surface area contributed by atoms with Crippen molar-refractivity contribution in [3.8, 4) is 0 Å². The third-order valence-electron chi connectivity index (χ3n) is 5.31. The first kappa shape index (κ1) is 18.9. The summed E-state index contributed by atoms with van der Waals surface area (Å²) >= 11 is 0. The summed E-state index contributed by atoms with van der Waals surface area (Å²) in [5, 5.41) is 2.83. The molecule has 0 aliphatic carbocycles. The van der Waals surface area contributed by atoms with E-state index in [1.807, 2.05) is 53.1 Å². The SMILES string of the molecule is CCc1ccc(NC(=O)c2ccc(Cn3c(=O)c4cccn4c4cccnc43)o2)cc1. The normalized spacial score (nSPS) is 11.3. The Labute approximate surface area is 177 Å². The fourth-order valence-electron chi connectivity index (χ4n) is 3.69. The van der Waals surface area contributed by atoms with Gasteiger partial charge in [-0.1, -0.05) is 19.1 Å². The first-order valence-electron chi connectivity index (χ1n) is 10.1. The lowest BCUT2D eigenvalue weighted by molar-refractivity contribution is 0.0995. The highest BCUT2D eigenvalue weighted by molar-refractivity contribution is 6.02. The summed E-state index contributed by atoms with van der Waals surface area (Å²) < 4.78 is 9.15. The standard InChI is InChI=1S/C24H20N4O3/c1-2-16-7-9-17(10-8-16)26-23(29)21-12-11-18(31-21)15-28-22-19(5-3-13-25-22)27-14-4-6-20(27)24(28)30/h3-14H,2,15H2,1H3,(H,26,29). The lowest BCUT2D eigenvalue weighted by Gasteiger charge is -2.10. The summed E-state index contributed by atoms with van der Waals surface area (Å²) in [5.74, 6) is 0.341. The summed E-state index contributed by atoms with van der Waals surface area (Å²) in [7, 11) is 0. The van der Waals surface area contributed by atoms with E-state index >= 15 is 0 Å². The number of anilines is 1. The Hall–Kier alpha value is -4.13. The van der Waals surface area contributed by atoms with Gasteiger partial charge in [0.1, 0.15) is 11.3 Å². The molecule has 0 spiro atoms. The number of pyridine rings is 1. The van der Waals surface area contributed by atoms with E-state index in [0.717, 1.165) is 11.9 Å². The summed E-state index contributed by atoms with van der Waals surface area (Å²) in [5.41, 5.74) is 3.65. The minimum Gasteiger partial charge on any atom is -0.454 e. The lowest BCUT2D eigenvalue weighted by atomic mass is 10.1. The number of carbonyl (C=O) groups is 1. The number of hydrogen-bond donors (Lipinski definition) is 1. The van der Waals surface area contributed by atoms with Crippen LogP contribution in [-0.4, -0.2) is 19.9 Å². The zero-order valence-corrected chi connectivity index (χ0v) is 16.9. The molecule has 5 rings (SSSR count). The second-order valence-corrected chi connectivity index (χ2v) is 7.27. The van der Waals surface area contributed by atoms with E-state index in [1.54, 1.807) is 29.0 Å². The highest BCUT2D eigenvalue weighted by atomic mass is 16.4. The second-order valence-electron chi connectivity index (χ2n) is 7.27. The van der Waals surface area contributed by atoms with Crippen molar-refractivity contribution in [1.82, 2.24) is 14.0 Å². The topological polar surface area (TPSA) is 81.5 Å². The van der Waals surface area contributed by atoms with Gasteiger partial charge in [0.25, 0.3) is 11.5 Å². The fourth-order valence-corrected chi connectivity index (χ4v) is 3.69. The number of hydrogen-bond acceptors (Lipinski definition) is 4. The molecule has 0 bridgehead atoms. The Bertz CT molecular complexity index is 1460. The van der Waals surface area contributed by atoms with Crippen molar-refractivity contribution in [2.24, 2.45) is 0 Å². The van der Waals surface area contributed by atoms with Gasteiger partial charge in [-0.05, 0) is 60.5 Å². The molecule has 0 atom stereocenters. The molecule has 0 aliphatic heterocycles. The molecule has 0 aliphatic rings. The molecule has 154 valence electrons. The largest absolute Gasteiger partial charge is 0.454 e. The minimum absolute atomic E-state index is 0.172. The number of nitrogens with one attached hydrogen (secondary N) is 1. The van der Waals surface area contributed by atoms with Crippen LogP contribution >= 0.6 is 0 Å². The van der Waals surface area contributed by atoms with E-state index in [4.69, 9.17) is 4.42 Å². The first-order chi connectivity index (χ1) is 15.1. The summed E-state index contributed by atoms with van der Waals surface area (Å²) in [4.78, 5) is 30.0. The van der Waals surface area contributed by atoms with Crippen molar-refractivity contribution in [3.63, 3.8) is 0 Å². The first-order valence-corrected chi connectivity index (χ1v) is 10.1. The van der Waals surface area contributed by atoms with Crippen LogP contribution in [0, 0.1) is 0 Å². The highest BCUT2D eigenvalue weighted by Gasteiger charge is 2.15. The van der Waals surface area contributed by atoms with Gasteiger partial charge in [-0.25, -0.2) is 4.98 Å². The van der Waals surface area contributed by atoms with E-state index < -0.39 is 0 Å². The Morgan fingerprint density at radius 1 is 1.03 bits per heavy atom. The number of aromatic nitrogens is 3. The fraction of sp³-hybridized carbons (Fsp3) is 0.125. The van der Waals surface area contributed by atoms with Crippen LogP contribution in [-0.2, 0) is 13.0 Å². The molecule has 4 heterocycles. The molecule has 4 aromatic heterocycles. The zero-order chi connectivity index (χ0) is 21.4. The molecule has 31 heavy (non-hydrogen) atoms. The number of furan rings is 1. The van der Waals surface area contributed by atoms with Gasteiger partial charge in [0.05, 0.1) is 12.1 Å². The van der Waals surface area contributed by atoms with E-state index in [-0.39, 0.29) is 23.8 Å². The van der Waals surface area contributed by atoms with Crippen molar-refractivity contribution in [3.05, 3.63) is 100 Å². The summed E-state index contributed by atoms with van der Waals surface area (Å²) in [6.45, 7) is 2.25. The van der Waals surface area contributed by atoms with Crippen LogP contribution in [0.5, 0.6) is 0 Å². The van der Waals surface area contributed by atoms with Gasteiger partial charge >= 0.3 is 0 Å². The molecule has 7 heteroatoms. The molecule has 1 amide bonds. The molecular formula is C24H20N4O3. The molecule has 0 radical (unpaired) electrons.